The number of hydrogen-bond acceptors (Lipinski definition) is 1. The molecular weight excluding hydrogens is 148 g/mol. The van der Waals surface area contributed by atoms with Crippen molar-refractivity contribution in [3.8, 4) is 0 Å². The Morgan fingerprint density at radius 2 is 2.17 bits per heavy atom. The van der Waals surface area contributed by atoms with Crippen LogP contribution in [0.25, 0.3) is 0 Å². The Hall–Kier alpha value is -0.590. The van der Waals surface area contributed by atoms with Crippen LogP contribution in [0.5, 0.6) is 0 Å². The Labute approximate surface area is 72.8 Å². The van der Waals surface area contributed by atoms with Crippen molar-refractivity contribution in [2.24, 2.45) is 29.6 Å². The molecule has 0 spiro atoms. The summed E-state index contributed by atoms with van der Waals surface area (Å²) in [6.45, 7) is 0. The van der Waals surface area contributed by atoms with Crippen LogP contribution in [0.15, 0.2) is 12.2 Å². The highest BCUT2D eigenvalue weighted by molar-refractivity contribution is 5.55. The van der Waals surface area contributed by atoms with Gasteiger partial charge in [0.2, 0.25) is 0 Å². The van der Waals surface area contributed by atoms with E-state index in [0.717, 1.165) is 23.7 Å². The first-order chi connectivity index (χ1) is 5.90. The van der Waals surface area contributed by atoms with Crippen LogP contribution in [0.2, 0.25) is 0 Å². The van der Waals surface area contributed by atoms with Gasteiger partial charge in [-0.2, -0.15) is 0 Å². The number of fused-ring (bicyclic) bond motifs is 5. The molecule has 2 saturated carbocycles. The van der Waals surface area contributed by atoms with Crippen molar-refractivity contribution in [1.82, 2.24) is 0 Å². The zero-order chi connectivity index (χ0) is 8.13. The number of allylic oxidation sites excluding steroid dienone is 2. The van der Waals surface area contributed by atoms with E-state index >= 15 is 0 Å². The first-order valence-corrected chi connectivity index (χ1v) is 5.02. The van der Waals surface area contributed by atoms with E-state index in [1.54, 1.807) is 0 Å². The lowest BCUT2D eigenvalue weighted by atomic mass is 9.76. The van der Waals surface area contributed by atoms with Gasteiger partial charge in [0.1, 0.15) is 6.29 Å². The minimum Gasteiger partial charge on any atom is -0.303 e. The van der Waals surface area contributed by atoms with Crippen molar-refractivity contribution >= 4 is 6.29 Å². The first kappa shape index (κ1) is 6.88. The smallest absolute Gasteiger partial charge is 0.123 e. The van der Waals surface area contributed by atoms with Crippen molar-refractivity contribution in [3.05, 3.63) is 12.2 Å². The normalized spacial score (nSPS) is 54.5. The molecule has 5 unspecified atom stereocenters. The lowest BCUT2D eigenvalue weighted by Gasteiger charge is -2.27. The maximum Gasteiger partial charge on any atom is 0.123 e. The summed E-state index contributed by atoms with van der Waals surface area (Å²) >= 11 is 0. The molecule has 0 amide bonds. The molecule has 0 aromatic heterocycles. The molecule has 0 saturated heterocycles. The second-order valence-electron chi connectivity index (χ2n) is 4.60. The fourth-order valence-corrected chi connectivity index (χ4v) is 3.75. The number of hydrogen-bond donors (Lipinski definition) is 0. The van der Waals surface area contributed by atoms with E-state index in [1.165, 1.54) is 25.5 Å². The lowest BCUT2D eigenvalue weighted by molar-refractivity contribution is -0.113. The average Bonchev–Trinajstić information content (AvgIpc) is 2.75. The molecule has 0 aromatic rings. The number of carbonyl (C=O) groups excluding carboxylic acids is 1. The molecule has 3 rings (SSSR count). The summed E-state index contributed by atoms with van der Waals surface area (Å²) in [5.74, 6) is 3.70. The topological polar surface area (TPSA) is 17.1 Å². The van der Waals surface area contributed by atoms with Gasteiger partial charge in [-0.25, -0.2) is 0 Å². The zero-order valence-corrected chi connectivity index (χ0v) is 7.15. The van der Waals surface area contributed by atoms with E-state index in [-0.39, 0.29) is 0 Å². The maximum atomic E-state index is 10.8. The van der Waals surface area contributed by atoms with Gasteiger partial charge < -0.3 is 4.79 Å². The largest absolute Gasteiger partial charge is 0.303 e. The highest BCUT2D eigenvalue weighted by Gasteiger charge is 2.52. The van der Waals surface area contributed by atoms with Crippen molar-refractivity contribution < 1.29 is 4.79 Å². The standard InChI is InChI=1S/C11H14O/c12-6-8-4-7-5-11(8)10-3-1-2-9(7)10/h1,3,6-11H,2,4-5H2. The van der Waals surface area contributed by atoms with E-state index in [0.29, 0.717) is 5.92 Å². The Balaban J connectivity index is 1.91. The first-order valence-electron chi connectivity index (χ1n) is 5.02. The van der Waals surface area contributed by atoms with E-state index in [4.69, 9.17) is 0 Å². The van der Waals surface area contributed by atoms with E-state index in [2.05, 4.69) is 12.2 Å². The van der Waals surface area contributed by atoms with Crippen molar-refractivity contribution in [1.29, 1.82) is 0 Å². The molecular formula is C11H14O. The molecule has 1 heteroatoms. The van der Waals surface area contributed by atoms with Crippen molar-refractivity contribution in [2.75, 3.05) is 0 Å². The fourth-order valence-electron chi connectivity index (χ4n) is 3.75. The third kappa shape index (κ3) is 0.675. The van der Waals surface area contributed by atoms with Gasteiger partial charge in [-0.3, -0.25) is 0 Å². The predicted molar refractivity (Wildman–Crippen MR) is 46.5 cm³/mol. The molecule has 5 atom stereocenters. The summed E-state index contributed by atoms with van der Waals surface area (Å²) in [5.41, 5.74) is 0. The highest BCUT2D eigenvalue weighted by atomic mass is 16.1. The van der Waals surface area contributed by atoms with Crippen molar-refractivity contribution in [3.63, 3.8) is 0 Å². The molecule has 3 aliphatic carbocycles. The van der Waals surface area contributed by atoms with Crippen LogP contribution in [-0.2, 0) is 4.79 Å². The van der Waals surface area contributed by atoms with Crippen molar-refractivity contribution in [2.45, 2.75) is 19.3 Å². The predicted octanol–water partition coefficient (Wildman–Crippen LogP) is 2.03. The average molecular weight is 162 g/mol. The molecule has 0 aromatic carbocycles. The Morgan fingerprint density at radius 1 is 1.25 bits per heavy atom. The van der Waals surface area contributed by atoms with Crippen LogP contribution in [0.1, 0.15) is 19.3 Å². The Morgan fingerprint density at radius 3 is 3.00 bits per heavy atom. The quantitative estimate of drug-likeness (QED) is 0.426. The van der Waals surface area contributed by atoms with Gasteiger partial charge in [-0.15, -0.1) is 0 Å². The van der Waals surface area contributed by atoms with Crippen LogP contribution in [0, 0.1) is 29.6 Å². The number of rotatable bonds is 1. The van der Waals surface area contributed by atoms with E-state index < -0.39 is 0 Å². The summed E-state index contributed by atoms with van der Waals surface area (Å²) in [6, 6.07) is 0. The minimum atomic E-state index is 0.402. The fraction of sp³-hybridized carbons (Fsp3) is 0.727. The second kappa shape index (κ2) is 2.21. The summed E-state index contributed by atoms with van der Waals surface area (Å²) in [6.07, 6.45) is 9.71. The Bertz CT molecular complexity index is 243. The van der Waals surface area contributed by atoms with Gasteiger partial charge in [0.05, 0.1) is 0 Å². The minimum absolute atomic E-state index is 0.402. The SMILES string of the molecule is O=CC1CC2CC1C1C=CCC21. The second-order valence-corrected chi connectivity index (χ2v) is 4.60. The van der Waals surface area contributed by atoms with Gasteiger partial charge in [-0.1, -0.05) is 12.2 Å². The third-order valence-corrected chi connectivity index (χ3v) is 4.24. The van der Waals surface area contributed by atoms with Crippen LogP contribution in [0.3, 0.4) is 0 Å². The number of aldehydes is 1. The van der Waals surface area contributed by atoms with Gasteiger partial charge in [0.25, 0.3) is 0 Å². The highest BCUT2D eigenvalue weighted by Crippen LogP contribution is 2.58. The van der Waals surface area contributed by atoms with Gasteiger partial charge in [-0.05, 0) is 42.9 Å². The Kier molecular flexibility index (Phi) is 1.27. The van der Waals surface area contributed by atoms with Crippen LogP contribution < -0.4 is 0 Å². The monoisotopic (exact) mass is 162 g/mol. The van der Waals surface area contributed by atoms with Gasteiger partial charge in [0, 0.05) is 5.92 Å². The van der Waals surface area contributed by atoms with Gasteiger partial charge in [0.15, 0.2) is 0 Å². The lowest BCUT2D eigenvalue weighted by Crippen LogP contribution is -2.24. The van der Waals surface area contributed by atoms with Crippen LogP contribution in [0.4, 0.5) is 0 Å². The molecule has 12 heavy (non-hydrogen) atoms. The molecule has 2 bridgehead atoms. The van der Waals surface area contributed by atoms with E-state index in [9.17, 15) is 4.79 Å². The molecule has 0 radical (unpaired) electrons. The molecule has 0 heterocycles. The summed E-state index contributed by atoms with van der Waals surface area (Å²) in [7, 11) is 0. The van der Waals surface area contributed by atoms with Gasteiger partial charge >= 0.3 is 0 Å². The maximum absolute atomic E-state index is 10.8. The molecule has 2 fully saturated rings. The summed E-state index contributed by atoms with van der Waals surface area (Å²) in [4.78, 5) is 10.8. The summed E-state index contributed by atoms with van der Waals surface area (Å²) in [5, 5.41) is 0. The zero-order valence-electron chi connectivity index (χ0n) is 7.15. The molecule has 0 aliphatic heterocycles. The third-order valence-electron chi connectivity index (χ3n) is 4.24. The van der Waals surface area contributed by atoms with E-state index in [1.807, 2.05) is 0 Å². The summed E-state index contributed by atoms with van der Waals surface area (Å²) < 4.78 is 0. The molecule has 3 aliphatic rings. The molecule has 0 N–H and O–H groups in total. The van der Waals surface area contributed by atoms with Crippen LogP contribution >= 0.6 is 0 Å². The molecule has 1 nitrogen and oxygen atoms in total. The molecule has 64 valence electrons. The van der Waals surface area contributed by atoms with Crippen LogP contribution in [-0.4, -0.2) is 6.29 Å². The number of carbonyl (C=O) groups is 1.